The van der Waals surface area contributed by atoms with Crippen molar-refractivity contribution in [3.63, 3.8) is 0 Å². The number of anilines is 1. The van der Waals surface area contributed by atoms with Crippen LogP contribution in [0.15, 0.2) is 18.5 Å². The van der Waals surface area contributed by atoms with Gasteiger partial charge in [0.2, 0.25) is 5.60 Å². The number of nitrogens with zero attached hydrogens (tertiary/aromatic N) is 4. The molecule has 0 saturated carbocycles. The van der Waals surface area contributed by atoms with E-state index in [4.69, 9.17) is 23.7 Å². The number of aliphatic hydroxyl groups is 2. The van der Waals surface area contributed by atoms with Crippen LogP contribution < -0.4 is 11.5 Å². The van der Waals surface area contributed by atoms with Crippen LogP contribution in [-0.4, -0.2) is 61.7 Å². The number of aromatic nitrogens is 3. The number of hydrogen-bond acceptors (Lipinski definition) is 10. The molecule has 11 heteroatoms. The molecule has 2 aromatic heterocycles. The molecule has 6 N–H and O–H groups in total. The molecule has 0 spiro atoms. The quantitative estimate of drug-likeness (QED) is 0.445. The van der Waals surface area contributed by atoms with Crippen molar-refractivity contribution in [3.05, 3.63) is 24.2 Å². The van der Waals surface area contributed by atoms with E-state index in [9.17, 15) is 20.3 Å². The highest BCUT2D eigenvalue weighted by Crippen LogP contribution is 2.42. The van der Waals surface area contributed by atoms with Crippen LogP contribution in [0.3, 0.4) is 0 Å². The highest BCUT2D eigenvalue weighted by Gasteiger charge is 2.60. The molecule has 1 aliphatic rings. The summed E-state index contributed by atoms with van der Waals surface area (Å²) in [6.07, 6.45) is -4.39. The van der Waals surface area contributed by atoms with Gasteiger partial charge in [-0.1, -0.05) is 13.8 Å². The predicted octanol–water partition coefficient (Wildman–Crippen LogP) is -1.32. The summed E-state index contributed by atoms with van der Waals surface area (Å²) in [5.74, 6) is -1.14. The smallest absolute Gasteiger partial charge is 0.323 e. The Morgan fingerprint density at radius 1 is 1.61 bits per heavy atom. The minimum absolute atomic E-state index is 0.00387. The topological polar surface area (TPSA) is 182 Å². The highest BCUT2D eigenvalue weighted by molar-refractivity contribution is 5.76. The number of hydrogen-bond donors (Lipinski definition) is 4. The Morgan fingerprint density at radius 3 is 2.93 bits per heavy atom. The Labute approximate surface area is 163 Å². The molecule has 1 saturated heterocycles. The fourth-order valence-electron chi connectivity index (χ4n) is 3.05. The van der Waals surface area contributed by atoms with Crippen LogP contribution in [-0.2, 0) is 19.9 Å². The van der Waals surface area contributed by atoms with Crippen LogP contribution in [0.1, 0.15) is 22.3 Å². The van der Waals surface area contributed by atoms with Crippen LogP contribution in [0.4, 0.5) is 5.82 Å². The minimum atomic E-state index is -3.05. The average Bonchev–Trinajstić information content (AvgIpc) is 3.22. The number of carbonyl (C=O) groups is 1. The van der Waals surface area contributed by atoms with Gasteiger partial charge in [0.25, 0.3) is 0 Å². The van der Waals surface area contributed by atoms with E-state index >= 15 is 0 Å². The lowest BCUT2D eigenvalue weighted by molar-refractivity contribution is -0.162. The van der Waals surface area contributed by atoms with E-state index in [0.717, 1.165) is 6.33 Å². The van der Waals surface area contributed by atoms with Crippen LogP contribution in [0.25, 0.3) is 5.52 Å². The molecule has 0 bridgehead atoms. The summed E-state index contributed by atoms with van der Waals surface area (Å²) in [7, 11) is 0. The molecule has 0 aromatic carbocycles. The molecule has 3 heterocycles. The van der Waals surface area contributed by atoms with Crippen molar-refractivity contribution in [1.82, 2.24) is 14.6 Å². The lowest BCUT2D eigenvalue weighted by Gasteiger charge is -2.29. The number of carbonyl (C=O) groups excluding carboxylic acids is 1. The fraction of sp³-hybridized carbons (Fsp3) is 0.529. The number of nitriles is 1. The predicted molar refractivity (Wildman–Crippen MR) is 95.3 cm³/mol. The van der Waals surface area contributed by atoms with Gasteiger partial charge < -0.3 is 31.2 Å². The zero-order valence-electron chi connectivity index (χ0n) is 17.2. The third-order valence-electron chi connectivity index (χ3n) is 4.72. The van der Waals surface area contributed by atoms with Crippen molar-refractivity contribution in [2.45, 2.75) is 43.8 Å². The number of ether oxygens (including phenoxy) is 2. The van der Waals surface area contributed by atoms with Gasteiger partial charge in [0.05, 0.1) is 15.0 Å². The van der Waals surface area contributed by atoms with E-state index in [1.165, 1.54) is 16.6 Å². The van der Waals surface area contributed by atoms with Gasteiger partial charge in [-0.2, -0.15) is 10.4 Å². The van der Waals surface area contributed by atoms with Crippen LogP contribution in [0.2, 0.25) is 0 Å². The number of nitrogens with two attached hydrogens (primary N) is 2. The lowest BCUT2D eigenvalue weighted by Crippen LogP contribution is -2.48. The first-order valence-electron chi connectivity index (χ1n) is 9.48. The van der Waals surface area contributed by atoms with Crippen LogP contribution in [0, 0.1) is 17.2 Å². The molecule has 1 aliphatic heterocycles. The molecule has 3 rings (SSSR count). The number of nitrogen functional groups attached to an aromatic ring is 1. The van der Waals surface area contributed by atoms with Crippen molar-refractivity contribution >= 4 is 17.3 Å². The van der Waals surface area contributed by atoms with Gasteiger partial charge in [-0.05, 0) is 18.1 Å². The normalized spacial score (nSPS) is 30.0. The second-order valence-electron chi connectivity index (χ2n) is 6.79. The third-order valence-corrected chi connectivity index (χ3v) is 4.72. The standard InChI is InChI=1S/C17H22N6O5/c1-8(2)12(19)16(26)27-14-13(25)10(5-24)28-17(14,6-18)11-4-3-9-15(20)21-7-22-23(9)11/h3-4,7-8,10,12-14,24-25H,5,19H2,1-2H3,(H2,20,21,22)/t10-,12+,13-,14-,17+/m1/s1/i5D2. The summed E-state index contributed by atoms with van der Waals surface area (Å²) in [4.78, 5) is 16.3. The number of fused-ring (bicyclic) bond motifs is 1. The van der Waals surface area contributed by atoms with E-state index in [1.54, 1.807) is 13.8 Å². The molecule has 11 nitrogen and oxygen atoms in total. The molecule has 1 fully saturated rings. The van der Waals surface area contributed by atoms with E-state index in [2.05, 4.69) is 10.1 Å². The van der Waals surface area contributed by atoms with Gasteiger partial charge in [-0.25, -0.2) is 9.50 Å². The van der Waals surface area contributed by atoms with E-state index in [-0.39, 0.29) is 17.4 Å². The summed E-state index contributed by atoms with van der Waals surface area (Å²) in [6.45, 7) is 0.310. The molecule has 0 aliphatic carbocycles. The second kappa shape index (κ2) is 7.33. The largest absolute Gasteiger partial charge is 0.454 e. The van der Waals surface area contributed by atoms with Crippen molar-refractivity contribution in [2.75, 3.05) is 12.3 Å². The maximum atomic E-state index is 12.5. The zero-order valence-corrected chi connectivity index (χ0v) is 15.2. The first kappa shape index (κ1) is 17.3. The SMILES string of the molecule is [2H]C([2H])(O)[C@H]1O[C@@](C#N)(c2ccc3c(N)ncnn23)[C@H](OC(=O)[C@@H](N)C(C)C)[C@@H]1O. The van der Waals surface area contributed by atoms with Gasteiger partial charge in [-0.15, -0.1) is 0 Å². The third kappa shape index (κ3) is 2.96. The molecule has 5 atom stereocenters. The Hall–Kier alpha value is -2.78. The van der Waals surface area contributed by atoms with Gasteiger partial charge in [0.1, 0.15) is 36.2 Å². The molecular formula is C17H22N6O5. The Morgan fingerprint density at radius 2 is 2.32 bits per heavy atom. The van der Waals surface area contributed by atoms with Crippen molar-refractivity contribution in [1.29, 1.82) is 5.26 Å². The van der Waals surface area contributed by atoms with Crippen LogP contribution >= 0.6 is 0 Å². The Kier molecular flexibility index (Phi) is 4.53. The van der Waals surface area contributed by atoms with Crippen molar-refractivity contribution in [2.24, 2.45) is 11.7 Å². The van der Waals surface area contributed by atoms with E-state index in [0.29, 0.717) is 5.52 Å². The van der Waals surface area contributed by atoms with Gasteiger partial charge in [-0.3, -0.25) is 4.79 Å². The summed E-state index contributed by atoms with van der Waals surface area (Å²) in [5, 5.41) is 34.6. The fourth-order valence-corrected chi connectivity index (χ4v) is 3.05. The highest BCUT2D eigenvalue weighted by atomic mass is 16.6. The number of esters is 1. The number of rotatable bonds is 5. The molecule has 28 heavy (non-hydrogen) atoms. The minimum Gasteiger partial charge on any atom is -0.454 e. The molecule has 0 amide bonds. The monoisotopic (exact) mass is 392 g/mol. The lowest BCUT2D eigenvalue weighted by atomic mass is 9.92. The van der Waals surface area contributed by atoms with Crippen LogP contribution in [0.5, 0.6) is 0 Å². The molecular weight excluding hydrogens is 368 g/mol. The molecule has 0 radical (unpaired) electrons. The maximum Gasteiger partial charge on any atom is 0.323 e. The second-order valence-corrected chi connectivity index (χ2v) is 6.79. The summed E-state index contributed by atoms with van der Waals surface area (Å²) in [5.41, 5.74) is 9.71. The van der Waals surface area contributed by atoms with E-state index in [1.807, 2.05) is 6.07 Å². The Bertz CT molecular complexity index is 1000. The van der Waals surface area contributed by atoms with Crippen molar-refractivity contribution in [3.8, 4) is 6.07 Å². The van der Waals surface area contributed by atoms with Crippen molar-refractivity contribution < 1.29 is 27.2 Å². The summed E-state index contributed by atoms with van der Waals surface area (Å²) in [6, 6.07) is 3.66. The average molecular weight is 392 g/mol. The van der Waals surface area contributed by atoms with Gasteiger partial charge in [0.15, 0.2) is 11.9 Å². The molecule has 150 valence electrons. The van der Waals surface area contributed by atoms with E-state index < -0.39 is 42.5 Å². The summed E-state index contributed by atoms with van der Waals surface area (Å²) < 4.78 is 27.2. The maximum absolute atomic E-state index is 12.5. The Balaban J connectivity index is 2.16. The molecule has 2 aromatic rings. The first-order chi connectivity index (χ1) is 13.9. The summed E-state index contributed by atoms with van der Waals surface area (Å²) >= 11 is 0. The molecule has 0 unspecified atom stereocenters. The number of aliphatic hydroxyl groups excluding tert-OH is 1. The van der Waals surface area contributed by atoms with Gasteiger partial charge >= 0.3 is 5.97 Å². The first-order valence-corrected chi connectivity index (χ1v) is 8.48. The zero-order chi connectivity index (χ0) is 22.4. The van der Waals surface area contributed by atoms with Gasteiger partial charge in [0, 0.05) is 0 Å².